The second kappa shape index (κ2) is 15.1. The maximum Gasteiger partial charge on any atom is 0.264 e. The molecule has 0 bridgehead atoms. The van der Waals surface area contributed by atoms with Gasteiger partial charge in [0.15, 0.2) is 0 Å². The molecule has 3 aromatic carbocycles. The first-order valence-electron chi connectivity index (χ1n) is 14.8. The molecule has 44 heavy (non-hydrogen) atoms. The number of rotatable bonds is 13. The minimum Gasteiger partial charge on any atom is -0.497 e. The number of nitrogens with zero attached hydrogens (tertiary/aromatic N) is 2. The average molecular weight is 626 g/mol. The van der Waals surface area contributed by atoms with Crippen LogP contribution in [0.3, 0.4) is 0 Å². The van der Waals surface area contributed by atoms with Gasteiger partial charge in [-0.05, 0) is 85.5 Å². The van der Waals surface area contributed by atoms with Crippen molar-refractivity contribution in [3.63, 3.8) is 0 Å². The first-order valence-corrected chi connectivity index (χ1v) is 16.3. The summed E-state index contributed by atoms with van der Waals surface area (Å²) in [6.45, 7) is 1.26. The molecule has 0 spiro atoms. The van der Waals surface area contributed by atoms with Crippen LogP contribution in [-0.4, -0.2) is 58.0 Å². The molecule has 0 aliphatic heterocycles. The number of carbonyl (C=O) groups is 2. The van der Waals surface area contributed by atoms with Crippen LogP contribution in [0, 0.1) is 5.82 Å². The maximum atomic E-state index is 14.2. The highest BCUT2D eigenvalue weighted by Gasteiger charge is 2.34. The second-order valence-corrected chi connectivity index (χ2v) is 12.7. The lowest BCUT2D eigenvalue weighted by atomic mass is 9.95. The number of sulfonamides is 1. The van der Waals surface area contributed by atoms with Crippen molar-refractivity contribution < 1.29 is 31.9 Å². The fourth-order valence-corrected chi connectivity index (χ4v) is 6.86. The fraction of sp³-hybridized carbons (Fsp3) is 0.394. The Bertz CT molecular complexity index is 1510. The van der Waals surface area contributed by atoms with Gasteiger partial charge in [0.2, 0.25) is 11.8 Å². The normalized spacial score (nSPS) is 14.4. The number of hydrogen-bond acceptors (Lipinski definition) is 6. The first-order chi connectivity index (χ1) is 21.2. The van der Waals surface area contributed by atoms with Gasteiger partial charge in [0.1, 0.15) is 29.9 Å². The van der Waals surface area contributed by atoms with E-state index >= 15 is 0 Å². The number of nitrogens with one attached hydrogen (secondary N) is 1. The third-order valence-electron chi connectivity index (χ3n) is 7.87. The number of ether oxygens (including phenoxy) is 2. The molecule has 3 aromatic rings. The Hall–Kier alpha value is -4.12. The zero-order valence-electron chi connectivity index (χ0n) is 25.4. The summed E-state index contributed by atoms with van der Waals surface area (Å²) >= 11 is 0. The van der Waals surface area contributed by atoms with E-state index in [1.807, 2.05) is 13.0 Å². The highest BCUT2D eigenvalue weighted by atomic mass is 32.2. The zero-order chi connectivity index (χ0) is 31.7. The SMILES string of the molecule is CC[C@@H](C(=O)NC1CCCCC1)N(Cc1cccc(OC)c1)C(=O)CN(c1ccc(F)cc1)S(=O)(=O)c1ccc(OC)cc1. The van der Waals surface area contributed by atoms with Crippen molar-refractivity contribution in [2.24, 2.45) is 0 Å². The van der Waals surface area contributed by atoms with E-state index in [2.05, 4.69) is 5.32 Å². The third kappa shape index (κ3) is 8.07. The standard InChI is InChI=1S/C33H40FN3O6S/c1-4-31(33(39)35-26-10-6-5-7-11-26)36(22-24-9-8-12-29(21-24)43-3)32(38)23-37(27-15-13-25(34)14-16-27)44(40,41)30-19-17-28(42-2)18-20-30/h8-9,12-21,26,31H,4-7,10-11,22-23H2,1-3H3,(H,35,39)/t31-/m0/s1. The summed E-state index contributed by atoms with van der Waals surface area (Å²) in [5.74, 6) is -0.356. The number of hydrogen-bond donors (Lipinski definition) is 1. The molecule has 1 aliphatic carbocycles. The van der Waals surface area contributed by atoms with Crippen LogP contribution in [0.5, 0.6) is 11.5 Å². The lowest BCUT2D eigenvalue weighted by molar-refractivity contribution is -0.140. The third-order valence-corrected chi connectivity index (χ3v) is 9.65. The molecule has 2 amide bonds. The molecule has 4 rings (SSSR count). The predicted octanol–water partition coefficient (Wildman–Crippen LogP) is 5.29. The summed E-state index contributed by atoms with van der Waals surface area (Å²) < 4.78 is 53.3. The molecule has 0 radical (unpaired) electrons. The number of anilines is 1. The quantitative estimate of drug-likeness (QED) is 0.277. The van der Waals surface area contributed by atoms with Gasteiger partial charge >= 0.3 is 0 Å². The minimum absolute atomic E-state index is 0.0326. The van der Waals surface area contributed by atoms with Crippen LogP contribution < -0.4 is 19.1 Å². The van der Waals surface area contributed by atoms with E-state index in [0.29, 0.717) is 23.5 Å². The zero-order valence-corrected chi connectivity index (χ0v) is 26.2. The highest BCUT2D eigenvalue weighted by molar-refractivity contribution is 7.92. The average Bonchev–Trinajstić information content (AvgIpc) is 3.04. The Balaban J connectivity index is 1.71. The van der Waals surface area contributed by atoms with Crippen molar-refractivity contribution in [1.82, 2.24) is 10.2 Å². The maximum absolute atomic E-state index is 14.2. The molecular formula is C33H40FN3O6S. The van der Waals surface area contributed by atoms with Crippen molar-refractivity contribution in [3.8, 4) is 11.5 Å². The molecule has 1 atom stereocenters. The molecule has 11 heteroatoms. The summed E-state index contributed by atoms with van der Waals surface area (Å²) in [5, 5.41) is 3.13. The lowest BCUT2D eigenvalue weighted by Gasteiger charge is -2.34. The molecule has 1 saturated carbocycles. The molecule has 1 fully saturated rings. The molecule has 1 aliphatic rings. The molecule has 9 nitrogen and oxygen atoms in total. The van der Waals surface area contributed by atoms with Crippen LogP contribution in [0.2, 0.25) is 0 Å². The van der Waals surface area contributed by atoms with Crippen LogP contribution in [0.15, 0.2) is 77.7 Å². The van der Waals surface area contributed by atoms with Gasteiger partial charge in [-0.25, -0.2) is 12.8 Å². The van der Waals surface area contributed by atoms with E-state index < -0.39 is 34.3 Å². The first kappa shape index (κ1) is 32.8. The van der Waals surface area contributed by atoms with Gasteiger partial charge in [-0.15, -0.1) is 0 Å². The van der Waals surface area contributed by atoms with Gasteiger partial charge in [-0.2, -0.15) is 0 Å². The lowest BCUT2D eigenvalue weighted by Crippen LogP contribution is -2.54. The monoisotopic (exact) mass is 625 g/mol. The molecule has 0 unspecified atom stereocenters. The van der Waals surface area contributed by atoms with Crippen LogP contribution in [0.1, 0.15) is 51.0 Å². The number of carbonyl (C=O) groups excluding carboxylic acids is 2. The largest absolute Gasteiger partial charge is 0.497 e. The smallest absolute Gasteiger partial charge is 0.264 e. The summed E-state index contributed by atoms with van der Waals surface area (Å²) in [6.07, 6.45) is 5.27. The van der Waals surface area contributed by atoms with E-state index in [4.69, 9.17) is 9.47 Å². The van der Waals surface area contributed by atoms with Gasteiger partial charge < -0.3 is 19.7 Å². The van der Waals surface area contributed by atoms with E-state index in [1.165, 1.54) is 48.4 Å². The summed E-state index contributed by atoms with van der Waals surface area (Å²) in [4.78, 5) is 29.3. The van der Waals surface area contributed by atoms with E-state index in [-0.39, 0.29) is 29.1 Å². The molecule has 0 saturated heterocycles. The Morgan fingerprint density at radius 3 is 2.20 bits per heavy atom. The van der Waals surface area contributed by atoms with Gasteiger partial charge in [-0.3, -0.25) is 13.9 Å². The molecule has 236 valence electrons. The number of benzene rings is 3. The van der Waals surface area contributed by atoms with Crippen molar-refractivity contribution in [3.05, 3.63) is 84.2 Å². The minimum atomic E-state index is -4.29. The summed E-state index contributed by atoms with van der Waals surface area (Å²) in [5.41, 5.74) is 0.824. The van der Waals surface area contributed by atoms with Crippen LogP contribution >= 0.6 is 0 Å². The van der Waals surface area contributed by atoms with Crippen LogP contribution in [0.25, 0.3) is 0 Å². The van der Waals surface area contributed by atoms with Gasteiger partial charge in [0.25, 0.3) is 10.0 Å². The second-order valence-electron chi connectivity index (χ2n) is 10.8. The van der Waals surface area contributed by atoms with Gasteiger partial charge in [0.05, 0.1) is 24.8 Å². The van der Waals surface area contributed by atoms with E-state index in [9.17, 15) is 22.4 Å². The predicted molar refractivity (Wildman–Crippen MR) is 167 cm³/mol. The van der Waals surface area contributed by atoms with Crippen molar-refractivity contribution in [2.45, 2.75) is 69.0 Å². The van der Waals surface area contributed by atoms with Gasteiger partial charge in [0, 0.05) is 12.6 Å². The Labute approximate surface area is 259 Å². The molecule has 1 N–H and O–H groups in total. The summed E-state index contributed by atoms with van der Waals surface area (Å²) in [7, 11) is -1.28. The van der Waals surface area contributed by atoms with Crippen molar-refractivity contribution >= 4 is 27.5 Å². The fourth-order valence-electron chi connectivity index (χ4n) is 5.44. The van der Waals surface area contributed by atoms with Crippen molar-refractivity contribution in [2.75, 3.05) is 25.1 Å². The Kier molecular flexibility index (Phi) is 11.2. The Morgan fingerprint density at radius 2 is 1.59 bits per heavy atom. The number of amides is 2. The molecule has 0 heterocycles. The van der Waals surface area contributed by atoms with Gasteiger partial charge in [-0.1, -0.05) is 38.3 Å². The van der Waals surface area contributed by atoms with Crippen molar-refractivity contribution in [1.29, 1.82) is 0 Å². The number of halogens is 1. The molecular weight excluding hydrogens is 585 g/mol. The van der Waals surface area contributed by atoms with Crippen LogP contribution in [-0.2, 0) is 26.2 Å². The van der Waals surface area contributed by atoms with E-state index in [0.717, 1.165) is 48.5 Å². The molecule has 0 aromatic heterocycles. The van der Waals surface area contributed by atoms with Crippen LogP contribution in [0.4, 0.5) is 10.1 Å². The summed E-state index contributed by atoms with van der Waals surface area (Å²) in [6, 6.07) is 17.0. The topological polar surface area (TPSA) is 105 Å². The van der Waals surface area contributed by atoms with E-state index in [1.54, 1.807) is 25.3 Å². The number of methoxy groups -OCH3 is 2. The highest BCUT2D eigenvalue weighted by Crippen LogP contribution is 2.27. The Morgan fingerprint density at radius 1 is 0.932 bits per heavy atom.